The lowest BCUT2D eigenvalue weighted by molar-refractivity contribution is -0.00567. The van der Waals surface area contributed by atoms with Crippen molar-refractivity contribution >= 4 is 0 Å². The molecule has 0 aromatic heterocycles. The number of rotatable bonds is 1. The number of aromatic hydroxyl groups is 3. The Morgan fingerprint density at radius 2 is 1.40 bits per heavy atom. The summed E-state index contributed by atoms with van der Waals surface area (Å²) in [6, 6.07) is 1.71. The standard InChI is InChI=1S/C17H22O3/c1-9-13(5-14(18)16(20)15(9)19)17-6-10-2-11(7-17)4-12(3-10)8-17/h5,10-12,18-20H,2-4,6-8H2,1H3. The summed E-state index contributed by atoms with van der Waals surface area (Å²) >= 11 is 0. The molecule has 3 N–H and O–H groups in total. The number of phenols is 3. The van der Waals surface area contributed by atoms with Crippen LogP contribution in [0, 0.1) is 24.7 Å². The van der Waals surface area contributed by atoms with Crippen molar-refractivity contribution in [3.63, 3.8) is 0 Å². The van der Waals surface area contributed by atoms with Crippen molar-refractivity contribution < 1.29 is 15.3 Å². The van der Waals surface area contributed by atoms with E-state index in [1.54, 1.807) is 6.07 Å². The smallest absolute Gasteiger partial charge is 0.200 e. The van der Waals surface area contributed by atoms with E-state index in [-0.39, 0.29) is 22.7 Å². The van der Waals surface area contributed by atoms with Crippen LogP contribution in [0.4, 0.5) is 0 Å². The van der Waals surface area contributed by atoms with Crippen LogP contribution < -0.4 is 0 Å². The quantitative estimate of drug-likeness (QED) is 0.686. The average molecular weight is 274 g/mol. The van der Waals surface area contributed by atoms with Gasteiger partial charge in [0.25, 0.3) is 0 Å². The van der Waals surface area contributed by atoms with Gasteiger partial charge in [-0.25, -0.2) is 0 Å². The van der Waals surface area contributed by atoms with Crippen LogP contribution in [-0.2, 0) is 5.41 Å². The zero-order chi connectivity index (χ0) is 14.1. The molecule has 0 saturated heterocycles. The second-order valence-electron chi connectivity index (χ2n) is 7.46. The third kappa shape index (κ3) is 1.52. The molecule has 20 heavy (non-hydrogen) atoms. The predicted molar refractivity (Wildman–Crippen MR) is 76.0 cm³/mol. The highest BCUT2D eigenvalue weighted by Gasteiger charge is 2.52. The Balaban J connectivity index is 1.85. The van der Waals surface area contributed by atoms with E-state index in [2.05, 4.69) is 0 Å². The first-order valence-corrected chi connectivity index (χ1v) is 7.73. The molecule has 0 aliphatic heterocycles. The molecule has 4 aliphatic rings. The van der Waals surface area contributed by atoms with Crippen LogP contribution in [0.5, 0.6) is 17.2 Å². The van der Waals surface area contributed by atoms with Gasteiger partial charge in [-0.2, -0.15) is 0 Å². The Labute approximate surface area is 119 Å². The molecule has 1 aromatic carbocycles. The lowest BCUT2D eigenvalue weighted by atomic mass is 9.47. The first-order valence-electron chi connectivity index (χ1n) is 7.73. The highest BCUT2D eigenvalue weighted by molar-refractivity contribution is 5.58. The van der Waals surface area contributed by atoms with Crippen LogP contribution in [-0.4, -0.2) is 15.3 Å². The first-order chi connectivity index (χ1) is 9.48. The highest BCUT2D eigenvalue weighted by Crippen LogP contribution is 2.62. The Morgan fingerprint density at radius 1 is 0.900 bits per heavy atom. The molecule has 0 radical (unpaired) electrons. The van der Waals surface area contributed by atoms with Gasteiger partial charge in [0.2, 0.25) is 5.75 Å². The Kier molecular flexibility index (Phi) is 2.37. The summed E-state index contributed by atoms with van der Waals surface area (Å²) in [5, 5.41) is 29.6. The van der Waals surface area contributed by atoms with Gasteiger partial charge in [0.15, 0.2) is 11.5 Å². The van der Waals surface area contributed by atoms with Crippen LogP contribution in [0.25, 0.3) is 0 Å². The van der Waals surface area contributed by atoms with E-state index in [0.717, 1.165) is 28.9 Å². The molecule has 0 atom stereocenters. The van der Waals surface area contributed by atoms with Gasteiger partial charge in [0.05, 0.1) is 0 Å². The molecule has 4 bridgehead atoms. The maximum absolute atomic E-state index is 10.1. The van der Waals surface area contributed by atoms with Crippen molar-refractivity contribution in [2.45, 2.75) is 50.9 Å². The number of benzene rings is 1. The molecular weight excluding hydrogens is 252 g/mol. The zero-order valence-corrected chi connectivity index (χ0v) is 11.9. The minimum Gasteiger partial charge on any atom is -0.504 e. The third-order valence-electron chi connectivity index (χ3n) is 6.12. The van der Waals surface area contributed by atoms with Crippen molar-refractivity contribution in [3.8, 4) is 17.2 Å². The zero-order valence-electron chi connectivity index (χ0n) is 11.9. The lowest BCUT2D eigenvalue weighted by Gasteiger charge is -2.57. The molecule has 0 heterocycles. The van der Waals surface area contributed by atoms with Crippen molar-refractivity contribution in [2.24, 2.45) is 17.8 Å². The SMILES string of the molecule is Cc1c(C23CC4CC(CC(C4)C2)C3)cc(O)c(O)c1O. The van der Waals surface area contributed by atoms with Gasteiger partial charge < -0.3 is 15.3 Å². The van der Waals surface area contributed by atoms with E-state index in [4.69, 9.17) is 0 Å². The van der Waals surface area contributed by atoms with Gasteiger partial charge in [0.1, 0.15) is 0 Å². The highest BCUT2D eigenvalue weighted by atomic mass is 16.3. The van der Waals surface area contributed by atoms with E-state index in [1.807, 2.05) is 6.92 Å². The Hall–Kier alpha value is -1.38. The molecule has 0 spiro atoms. The Morgan fingerprint density at radius 3 is 1.90 bits per heavy atom. The van der Waals surface area contributed by atoms with Crippen molar-refractivity contribution in [1.82, 2.24) is 0 Å². The molecule has 4 saturated carbocycles. The molecule has 108 valence electrons. The number of phenolic OH excluding ortho intramolecular Hbond substituents is 3. The summed E-state index contributed by atoms with van der Waals surface area (Å²) < 4.78 is 0. The molecular formula is C17H22O3. The molecule has 3 nitrogen and oxygen atoms in total. The molecule has 5 rings (SSSR count). The number of hydrogen-bond acceptors (Lipinski definition) is 3. The van der Waals surface area contributed by atoms with Gasteiger partial charge in [-0.3, -0.25) is 0 Å². The van der Waals surface area contributed by atoms with E-state index in [9.17, 15) is 15.3 Å². The maximum atomic E-state index is 10.1. The minimum absolute atomic E-state index is 0.126. The van der Waals surface area contributed by atoms with Crippen LogP contribution >= 0.6 is 0 Å². The molecule has 0 amide bonds. The summed E-state index contributed by atoms with van der Waals surface area (Å²) in [4.78, 5) is 0. The van der Waals surface area contributed by atoms with Gasteiger partial charge in [-0.05, 0) is 85.8 Å². The van der Waals surface area contributed by atoms with Crippen LogP contribution in [0.1, 0.15) is 49.7 Å². The van der Waals surface area contributed by atoms with Gasteiger partial charge >= 0.3 is 0 Å². The third-order valence-corrected chi connectivity index (χ3v) is 6.12. The summed E-state index contributed by atoms with van der Waals surface area (Å²) in [6.45, 7) is 1.86. The second kappa shape index (κ2) is 3.84. The summed E-state index contributed by atoms with van der Waals surface area (Å²) in [5.74, 6) is 1.75. The fourth-order valence-electron chi connectivity index (χ4n) is 5.73. The number of hydrogen-bond donors (Lipinski definition) is 3. The average Bonchev–Trinajstić information content (AvgIpc) is 2.39. The topological polar surface area (TPSA) is 60.7 Å². The summed E-state index contributed by atoms with van der Waals surface area (Å²) in [7, 11) is 0. The fourth-order valence-corrected chi connectivity index (χ4v) is 5.73. The summed E-state index contributed by atoms with van der Waals surface area (Å²) in [5.41, 5.74) is 1.95. The van der Waals surface area contributed by atoms with E-state index in [1.165, 1.54) is 38.5 Å². The largest absolute Gasteiger partial charge is 0.504 e. The first kappa shape index (κ1) is 12.4. The molecule has 4 fully saturated rings. The molecule has 1 aromatic rings. The normalized spacial score (nSPS) is 38.4. The lowest BCUT2D eigenvalue weighted by Crippen LogP contribution is -2.48. The monoisotopic (exact) mass is 274 g/mol. The van der Waals surface area contributed by atoms with Crippen LogP contribution in [0.15, 0.2) is 6.07 Å². The van der Waals surface area contributed by atoms with Gasteiger partial charge in [-0.1, -0.05) is 0 Å². The van der Waals surface area contributed by atoms with Crippen molar-refractivity contribution in [3.05, 3.63) is 17.2 Å². The summed E-state index contributed by atoms with van der Waals surface area (Å²) in [6.07, 6.45) is 7.66. The minimum atomic E-state index is -0.379. The maximum Gasteiger partial charge on any atom is 0.200 e. The molecule has 0 unspecified atom stereocenters. The predicted octanol–water partition coefficient (Wildman–Crippen LogP) is 3.58. The molecule has 4 aliphatic carbocycles. The van der Waals surface area contributed by atoms with E-state index in [0.29, 0.717) is 0 Å². The van der Waals surface area contributed by atoms with Gasteiger partial charge in [-0.15, -0.1) is 0 Å². The second-order valence-corrected chi connectivity index (χ2v) is 7.46. The van der Waals surface area contributed by atoms with E-state index < -0.39 is 0 Å². The van der Waals surface area contributed by atoms with Crippen LogP contribution in [0.2, 0.25) is 0 Å². The van der Waals surface area contributed by atoms with E-state index >= 15 is 0 Å². The van der Waals surface area contributed by atoms with Gasteiger partial charge in [0, 0.05) is 0 Å². The Bertz CT molecular complexity index is 541. The van der Waals surface area contributed by atoms with Crippen molar-refractivity contribution in [1.29, 1.82) is 0 Å². The fraction of sp³-hybridized carbons (Fsp3) is 0.647. The van der Waals surface area contributed by atoms with Crippen molar-refractivity contribution in [2.75, 3.05) is 0 Å². The molecule has 3 heteroatoms. The van der Waals surface area contributed by atoms with Crippen LogP contribution in [0.3, 0.4) is 0 Å².